The van der Waals surface area contributed by atoms with E-state index >= 15 is 0 Å². The SMILES string of the molecule is N#Cc1cc(Cl)ccc1N1CCCN2CCCC2C1. The zero-order chi connectivity index (χ0) is 13.2. The number of hydrogen-bond donors (Lipinski definition) is 0. The molecule has 19 heavy (non-hydrogen) atoms. The maximum absolute atomic E-state index is 9.29. The van der Waals surface area contributed by atoms with Crippen LogP contribution in [0, 0.1) is 11.3 Å². The average molecular weight is 276 g/mol. The van der Waals surface area contributed by atoms with Gasteiger partial charge in [-0.1, -0.05) is 11.6 Å². The van der Waals surface area contributed by atoms with Crippen LogP contribution in [0.25, 0.3) is 0 Å². The van der Waals surface area contributed by atoms with E-state index in [1.54, 1.807) is 6.07 Å². The molecule has 4 heteroatoms. The van der Waals surface area contributed by atoms with Gasteiger partial charge in [-0.05, 0) is 44.0 Å². The second kappa shape index (κ2) is 5.40. The Hall–Kier alpha value is -1.24. The van der Waals surface area contributed by atoms with Crippen molar-refractivity contribution in [3.8, 4) is 6.07 Å². The monoisotopic (exact) mass is 275 g/mol. The molecular formula is C15H18ClN3. The molecule has 2 fully saturated rings. The van der Waals surface area contributed by atoms with Crippen molar-refractivity contribution in [2.75, 3.05) is 31.1 Å². The standard InChI is InChI=1S/C15H18ClN3/c16-13-4-5-15(12(9-13)10-17)19-8-2-7-18-6-1-3-14(18)11-19/h4-5,9,14H,1-3,6-8,11H2. The minimum absolute atomic E-state index is 0.637. The highest BCUT2D eigenvalue weighted by molar-refractivity contribution is 6.30. The molecule has 1 aromatic rings. The van der Waals surface area contributed by atoms with Crippen LogP contribution in [0.5, 0.6) is 0 Å². The Kier molecular flexibility index (Phi) is 3.63. The summed E-state index contributed by atoms with van der Waals surface area (Å²) in [6.45, 7) is 4.50. The van der Waals surface area contributed by atoms with Crippen LogP contribution >= 0.6 is 11.6 Å². The van der Waals surface area contributed by atoms with Gasteiger partial charge in [0.1, 0.15) is 6.07 Å². The molecule has 0 aromatic heterocycles. The highest BCUT2D eigenvalue weighted by Gasteiger charge is 2.29. The van der Waals surface area contributed by atoms with Gasteiger partial charge in [-0.2, -0.15) is 5.26 Å². The first-order valence-electron chi connectivity index (χ1n) is 6.96. The molecule has 0 amide bonds. The van der Waals surface area contributed by atoms with Gasteiger partial charge in [-0.25, -0.2) is 0 Å². The molecule has 0 N–H and O–H groups in total. The van der Waals surface area contributed by atoms with Crippen molar-refractivity contribution in [3.63, 3.8) is 0 Å². The lowest BCUT2D eigenvalue weighted by molar-refractivity contribution is 0.273. The lowest BCUT2D eigenvalue weighted by atomic mass is 10.1. The quantitative estimate of drug-likeness (QED) is 0.789. The number of halogens is 1. The third-order valence-electron chi connectivity index (χ3n) is 4.22. The predicted molar refractivity (Wildman–Crippen MR) is 77.6 cm³/mol. The fourth-order valence-electron chi connectivity index (χ4n) is 3.30. The van der Waals surface area contributed by atoms with Gasteiger partial charge in [0.15, 0.2) is 0 Å². The van der Waals surface area contributed by atoms with Gasteiger partial charge in [0.25, 0.3) is 0 Å². The van der Waals surface area contributed by atoms with Crippen LogP contribution in [-0.4, -0.2) is 37.1 Å². The van der Waals surface area contributed by atoms with E-state index in [-0.39, 0.29) is 0 Å². The summed E-state index contributed by atoms with van der Waals surface area (Å²) in [6, 6.07) is 8.58. The average Bonchev–Trinajstić information content (AvgIpc) is 2.76. The van der Waals surface area contributed by atoms with Crippen molar-refractivity contribution in [2.24, 2.45) is 0 Å². The largest absolute Gasteiger partial charge is 0.369 e. The lowest BCUT2D eigenvalue weighted by Crippen LogP contribution is -2.36. The Labute approximate surface area is 119 Å². The molecule has 0 saturated carbocycles. The fourth-order valence-corrected chi connectivity index (χ4v) is 3.47. The van der Waals surface area contributed by atoms with Crippen molar-refractivity contribution in [2.45, 2.75) is 25.3 Å². The molecule has 1 unspecified atom stereocenters. The molecule has 2 aliphatic heterocycles. The summed E-state index contributed by atoms with van der Waals surface area (Å²) in [5.41, 5.74) is 1.74. The topological polar surface area (TPSA) is 30.3 Å². The Balaban J connectivity index is 1.87. The summed E-state index contributed by atoms with van der Waals surface area (Å²) in [5.74, 6) is 0. The van der Waals surface area contributed by atoms with Crippen molar-refractivity contribution in [1.29, 1.82) is 5.26 Å². The van der Waals surface area contributed by atoms with Gasteiger partial charge < -0.3 is 4.90 Å². The van der Waals surface area contributed by atoms with Gasteiger partial charge in [0.05, 0.1) is 11.3 Å². The summed E-state index contributed by atoms with van der Waals surface area (Å²) < 4.78 is 0. The number of nitriles is 1. The number of hydrogen-bond acceptors (Lipinski definition) is 3. The van der Waals surface area contributed by atoms with Gasteiger partial charge in [-0.3, -0.25) is 4.90 Å². The van der Waals surface area contributed by atoms with Crippen molar-refractivity contribution in [1.82, 2.24) is 4.90 Å². The normalized spacial score (nSPS) is 23.8. The molecular weight excluding hydrogens is 258 g/mol. The van der Waals surface area contributed by atoms with Gasteiger partial charge >= 0.3 is 0 Å². The number of benzene rings is 1. The van der Waals surface area contributed by atoms with Crippen LogP contribution in [0.4, 0.5) is 5.69 Å². The minimum Gasteiger partial charge on any atom is -0.369 e. The molecule has 0 bridgehead atoms. The van der Waals surface area contributed by atoms with Gasteiger partial charge in [0, 0.05) is 30.7 Å². The van der Waals surface area contributed by atoms with E-state index in [4.69, 9.17) is 11.6 Å². The molecule has 2 heterocycles. The van der Waals surface area contributed by atoms with E-state index in [1.807, 2.05) is 12.1 Å². The van der Waals surface area contributed by atoms with Crippen LogP contribution in [-0.2, 0) is 0 Å². The van der Waals surface area contributed by atoms with Crippen molar-refractivity contribution < 1.29 is 0 Å². The van der Waals surface area contributed by atoms with E-state index in [2.05, 4.69) is 15.9 Å². The first-order chi connectivity index (χ1) is 9.28. The molecule has 3 rings (SSSR count). The van der Waals surface area contributed by atoms with Crippen LogP contribution in [0.2, 0.25) is 5.02 Å². The van der Waals surface area contributed by atoms with Gasteiger partial charge in [0.2, 0.25) is 0 Å². The van der Waals surface area contributed by atoms with Gasteiger partial charge in [-0.15, -0.1) is 0 Å². The molecule has 100 valence electrons. The second-order valence-corrected chi connectivity index (χ2v) is 5.84. The summed E-state index contributed by atoms with van der Waals surface area (Å²) in [5, 5.41) is 9.92. The molecule has 1 atom stereocenters. The zero-order valence-corrected chi connectivity index (χ0v) is 11.7. The van der Waals surface area contributed by atoms with E-state index in [9.17, 15) is 5.26 Å². The van der Waals surface area contributed by atoms with Crippen LogP contribution < -0.4 is 4.90 Å². The smallest absolute Gasteiger partial charge is 0.101 e. The first kappa shape index (κ1) is 12.8. The second-order valence-electron chi connectivity index (χ2n) is 5.40. The van der Waals surface area contributed by atoms with Crippen molar-refractivity contribution >= 4 is 17.3 Å². The summed E-state index contributed by atoms with van der Waals surface area (Å²) >= 11 is 5.98. The Bertz CT molecular complexity index is 509. The predicted octanol–water partition coefficient (Wildman–Crippen LogP) is 2.89. The maximum atomic E-state index is 9.29. The van der Waals surface area contributed by atoms with Crippen LogP contribution in [0.1, 0.15) is 24.8 Å². The van der Waals surface area contributed by atoms with Crippen molar-refractivity contribution in [3.05, 3.63) is 28.8 Å². The Morgan fingerprint density at radius 3 is 2.89 bits per heavy atom. The highest BCUT2D eigenvalue weighted by atomic mass is 35.5. The molecule has 0 spiro atoms. The highest BCUT2D eigenvalue weighted by Crippen LogP contribution is 2.28. The molecule has 2 saturated heterocycles. The third kappa shape index (κ3) is 2.56. The lowest BCUT2D eigenvalue weighted by Gasteiger charge is -2.28. The number of fused-ring (bicyclic) bond motifs is 1. The zero-order valence-electron chi connectivity index (χ0n) is 11.0. The fraction of sp³-hybridized carbons (Fsp3) is 0.533. The molecule has 2 aliphatic rings. The first-order valence-corrected chi connectivity index (χ1v) is 7.34. The number of nitrogens with zero attached hydrogens (tertiary/aromatic N) is 3. The van der Waals surface area contributed by atoms with E-state index in [0.29, 0.717) is 16.6 Å². The Morgan fingerprint density at radius 1 is 1.21 bits per heavy atom. The van der Waals surface area contributed by atoms with Crippen LogP contribution in [0.15, 0.2) is 18.2 Å². The summed E-state index contributed by atoms with van der Waals surface area (Å²) in [7, 11) is 0. The number of anilines is 1. The van der Waals surface area contributed by atoms with E-state index in [0.717, 1.165) is 18.8 Å². The summed E-state index contributed by atoms with van der Waals surface area (Å²) in [4.78, 5) is 4.97. The third-order valence-corrected chi connectivity index (χ3v) is 4.46. The maximum Gasteiger partial charge on any atom is 0.101 e. The van der Waals surface area contributed by atoms with E-state index < -0.39 is 0 Å². The van der Waals surface area contributed by atoms with Crippen LogP contribution in [0.3, 0.4) is 0 Å². The molecule has 3 nitrogen and oxygen atoms in total. The Morgan fingerprint density at radius 2 is 2.05 bits per heavy atom. The molecule has 0 aliphatic carbocycles. The minimum atomic E-state index is 0.637. The number of rotatable bonds is 1. The molecule has 0 radical (unpaired) electrons. The molecule has 1 aromatic carbocycles. The van der Waals surface area contributed by atoms with E-state index in [1.165, 1.54) is 32.4 Å². The summed E-state index contributed by atoms with van der Waals surface area (Å²) in [6.07, 6.45) is 3.76.